The van der Waals surface area contributed by atoms with Crippen LogP contribution in [0.1, 0.15) is 37.4 Å². The molecule has 1 heterocycles. The maximum Gasteiger partial charge on any atom is 0.0897 e. The number of aryl methyl sites for hydroxylation is 1. The van der Waals surface area contributed by atoms with Crippen molar-refractivity contribution in [3.63, 3.8) is 0 Å². The van der Waals surface area contributed by atoms with Crippen LogP contribution in [0.3, 0.4) is 0 Å². The number of nitrogens with one attached hydrogen (secondary N) is 1. The number of hydrogen-bond acceptors (Lipinski definition) is 3. The number of hydrogen-bond donors (Lipinski definition) is 1. The van der Waals surface area contributed by atoms with E-state index >= 15 is 0 Å². The number of rotatable bonds is 5. The third-order valence-corrected chi connectivity index (χ3v) is 3.89. The van der Waals surface area contributed by atoms with E-state index in [9.17, 15) is 0 Å². The van der Waals surface area contributed by atoms with E-state index in [1.165, 1.54) is 23.5 Å². The van der Waals surface area contributed by atoms with Crippen molar-refractivity contribution in [3.05, 3.63) is 16.1 Å². The predicted octanol–water partition coefficient (Wildman–Crippen LogP) is 2.77. The molecule has 0 atom stereocenters. The first-order valence-electron chi connectivity index (χ1n) is 5.74. The minimum absolute atomic E-state index is 0.533. The number of nitrogens with zero attached hydrogens (tertiary/aromatic N) is 1. The minimum Gasteiger partial charge on any atom is -0.314 e. The highest BCUT2D eigenvalue weighted by Gasteiger charge is 2.42. The molecule has 0 aromatic carbocycles. The summed E-state index contributed by atoms with van der Waals surface area (Å²) in [6.45, 7) is 7.66. The topological polar surface area (TPSA) is 24.9 Å². The van der Waals surface area contributed by atoms with E-state index in [2.05, 4.69) is 36.5 Å². The summed E-state index contributed by atoms with van der Waals surface area (Å²) in [5.41, 5.74) is 1.82. The van der Waals surface area contributed by atoms with Gasteiger partial charge in [0.1, 0.15) is 0 Å². The van der Waals surface area contributed by atoms with E-state index in [4.69, 9.17) is 0 Å². The lowest BCUT2D eigenvalue weighted by Crippen LogP contribution is -2.31. The first-order valence-corrected chi connectivity index (χ1v) is 6.62. The molecule has 2 rings (SSSR count). The van der Waals surface area contributed by atoms with E-state index in [0.29, 0.717) is 11.5 Å². The molecule has 0 bridgehead atoms. The van der Waals surface area contributed by atoms with Gasteiger partial charge in [-0.3, -0.25) is 0 Å². The Balaban J connectivity index is 1.88. The van der Waals surface area contributed by atoms with Gasteiger partial charge < -0.3 is 5.32 Å². The quantitative estimate of drug-likeness (QED) is 0.832. The molecule has 0 amide bonds. The molecule has 1 aromatic heterocycles. The fraction of sp³-hybridized carbons (Fsp3) is 0.750. The average molecular weight is 224 g/mol. The van der Waals surface area contributed by atoms with Crippen LogP contribution in [0.4, 0.5) is 0 Å². The summed E-state index contributed by atoms with van der Waals surface area (Å²) >= 11 is 1.77. The monoisotopic (exact) mass is 224 g/mol. The van der Waals surface area contributed by atoms with Gasteiger partial charge >= 0.3 is 0 Å². The fourth-order valence-corrected chi connectivity index (χ4v) is 2.50. The second kappa shape index (κ2) is 4.22. The highest BCUT2D eigenvalue weighted by molar-refractivity contribution is 7.09. The van der Waals surface area contributed by atoms with Crippen molar-refractivity contribution in [3.8, 4) is 0 Å². The van der Waals surface area contributed by atoms with Crippen LogP contribution < -0.4 is 5.32 Å². The first kappa shape index (κ1) is 11.1. The molecule has 1 N–H and O–H groups in total. The van der Waals surface area contributed by atoms with Crippen LogP contribution in [0.5, 0.6) is 0 Å². The molecule has 1 fully saturated rings. The van der Waals surface area contributed by atoms with Crippen molar-refractivity contribution >= 4 is 11.3 Å². The van der Waals surface area contributed by atoms with Gasteiger partial charge in [0.2, 0.25) is 0 Å². The van der Waals surface area contributed by atoms with Gasteiger partial charge in [0.15, 0.2) is 0 Å². The second-order valence-electron chi connectivity index (χ2n) is 5.07. The zero-order valence-electron chi connectivity index (χ0n) is 9.84. The highest BCUT2D eigenvalue weighted by Crippen LogP contribution is 2.47. The van der Waals surface area contributed by atoms with Crippen molar-refractivity contribution in [1.29, 1.82) is 0 Å². The standard InChI is InChI=1S/C12H20N2S/c1-9(2)13-8-12(4-5-12)6-11-7-15-10(3)14-11/h7,9,13H,4-6,8H2,1-3H3. The highest BCUT2D eigenvalue weighted by atomic mass is 32.1. The Kier molecular flexibility index (Phi) is 3.12. The van der Waals surface area contributed by atoms with Crippen LogP contribution in [0.2, 0.25) is 0 Å². The summed E-state index contributed by atoms with van der Waals surface area (Å²) in [6.07, 6.45) is 3.89. The van der Waals surface area contributed by atoms with Gasteiger partial charge in [-0.05, 0) is 31.6 Å². The lowest BCUT2D eigenvalue weighted by atomic mass is 10.0. The van der Waals surface area contributed by atoms with E-state index in [1.54, 1.807) is 11.3 Å². The molecule has 0 aliphatic heterocycles. The average Bonchev–Trinajstić information content (AvgIpc) is 2.81. The smallest absolute Gasteiger partial charge is 0.0897 e. The predicted molar refractivity (Wildman–Crippen MR) is 65.4 cm³/mol. The first-order chi connectivity index (χ1) is 7.10. The molecule has 0 radical (unpaired) electrons. The van der Waals surface area contributed by atoms with Crippen molar-refractivity contribution in [2.75, 3.05) is 6.54 Å². The summed E-state index contributed by atoms with van der Waals surface area (Å²) in [6, 6.07) is 0.597. The van der Waals surface area contributed by atoms with E-state index in [0.717, 1.165) is 13.0 Å². The molecule has 1 aromatic rings. The van der Waals surface area contributed by atoms with Gasteiger partial charge in [0, 0.05) is 18.0 Å². The molecule has 0 saturated heterocycles. The fourth-order valence-electron chi connectivity index (χ4n) is 1.89. The van der Waals surface area contributed by atoms with Gasteiger partial charge in [-0.15, -0.1) is 11.3 Å². The molecule has 0 spiro atoms. The molecule has 15 heavy (non-hydrogen) atoms. The van der Waals surface area contributed by atoms with Crippen LogP contribution in [-0.4, -0.2) is 17.6 Å². The summed E-state index contributed by atoms with van der Waals surface area (Å²) < 4.78 is 0. The van der Waals surface area contributed by atoms with Crippen LogP contribution in [-0.2, 0) is 6.42 Å². The zero-order chi connectivity index (χ0) is 10.9. The van der Waals surface area contributed by atoms with Crippen molar-refractivity contribution in [2.24, 2.45) is 5.41 Å². The lowest BCUT2D eigenvalue weighted by molar-refractivity contribution is 0.426. The van der Waals surface area contributed by atoms with Gasteiger partial charge in [-0.1, -0.05) is 13.8 Å². The molecule has 1 saturated carbocycles. The number of thiazole rings is 1. The van der Waals surface area contributed by atoms with E-state index in [-0.39, 0.29) is 0 Å². The Labute approximate surface area is 96.1 Å². The Bertz CT molecular complexity index is 326. The van der Waals surface area contributed by atoms with Crippen LogP contribution >= 0.6 is 11.3 Å². The van der Waals surface area contributed by atoms with Crippen LogP contribution in [0, 0.1) is 12.3 Å². The third-order valence-electron chi connectivity index (χ3n) is 3.07. The molecule has 1 aliphatic rings. The molecular weight excluding hydrogens is 204 g/mol. The molecule has 84 valence electrons. The zero-order valence-corrected chi connectivity index (χ0v) is 10.7. The Morgan fingerprint density at radius 2 is 2.27 bits per heavy atom. The van der Waals surface area contributed by atoms with Gasteiger partial charge in [0.25, 0.3) is 0 Å². The second-order valence-corrected chi connectivity index (χ2v) is 6.13. The Hall–Kier alpha value is -0.410. The molecule has 2 nitrogen and oxygen atoms in total. The minimum atomic E-state index is 0.533. The van der Waals surface area contributed by atoms with E-state index in [1.807, 2.05) is 0 Å². The van der Waals surface area contributed by atoms with Gasteiger partial charge in [0.05, 0.1) is 10.7 Å². The van der Waals surface area contributed by atoms with Crippen molar-refractivity contribution in [2.45, 2.75) is 46.1 Å². The molecule has 1 aliphatic carbocycles. The summed E-state index contributed by atoms with van der Waals surface area (Å²) in [5.74, 6) is 0. The van der Waals surface area contributed by atoms with E-state index < -0.39 is 0 Å². The third kappa shape index (κ3) is 3.02. The van der Waals surface area contributed by atoms with Crippen molar-refractivity contribution in [1.82, 2.24) is 10.3 Å². The number of aromatic nitrogens is 1. The van der Waals surface area contributed by atoms with Gasteiger partial charge in [-0.2, -0.15) is 0 Å². The lowest BCUT2D eigenvalue weighted by Gasteiger charge is -2.16. The molecule has 3 heteroatoms. The Morgan fingerprint density at radius 1 is 1.53 bits per heavy atom. The SMILES string of the molecule is Cc1nc(CC2(CNC(C)C)CC2)cs1. The molecular formula is C12H20N2S. The van der Waals surface area contributed by atoms with Crippen LogP contribution in [0.25, 0.3) is 0 Å². The summed E-state index contributed by atoms with van der Waals surface area (Å²) in [4.78, 5) is 4.55. The molecule has 0 unspecified atom stereocenters. The van der Waals surface area contributed by atoms with Crippen molar-refractivity contribution < 1.29 is 0 Å². The Morgan fingerprint density at radius 3 is 2.73 bits per heavy atom. The maximum atomic E-state index is 4.55. The van der Waals surface area contributed by atoms with Gasteiger partial charge in [-0.25, -0.2) is 4.98 Å². The normalized spacial score (nSPS) is 18.4. The van der Waals surface area contributed by atoms with Crippen LogP contribution in [0.15, 0.2) is 5.38 Å². The summed E-state index contributed by atoms with van der Waals surface area (Å²) in [7, 11) is 0. The largest absolute Gasteiger partial charge is 0.314 e. The summed E-state index contributed by atoms with van der Waals surface area (Å²) in [5, 5.41) is 6.96. The maximum absolute atomic E-state index is 4.55.